The summed E-state index contributed by atoms with van der Waals surface area (Å²) in [5.41, 5.74) is -0.387. The monoisotopic (exact) mass is 249 g/mol. The molecule has 0 unspecified atom stereocenters. The first-order valence-corrected chi connectivity index (χ1v) is 6.71. The molecule has 5 heteroatoms. The van der Waals surface area contributed by atoms with E-state index in [-0.39, 0.29) is 17.7 Å². The van der Waals surface area contributed by atoms with Crippen molar-refractivity contribution in [2.45, 2.75) is 50.0 Å². The average Bonchev–Trinajstić information content (AvgIpc) is 3.10. The van der Waals surface area contributed by atoms with Gasteiger partial charge in [-0.15, -0.1) is 0 Å². The molecule has 3 N–H and O–H groups in total. The van der Waals surface area contributed by atoms with Crippen molar-refractivity contribution in [2.75, 3.05) is 11.9 Å². The molecule has 0 spiro atoms. The zero-order chi connectivity index (χ0) is 12.6. The molecule has 2 saturated carbocycles. The molecule has 0 bridgehead atoms. The van der Waals surface area contributed by atoms with E-state index in [1.165, 1.54) is 6.07 Å². The van der Waals surface area contributed by atoms with Crippen LogP contribution in [0.3, 0.4) is 0 Å². The number of H-pyrrole nitrogens is 1. The highest BCUT2D eigenvalue weighted by Gasteiger charge is 2.34. The number of aromatic nitrogens is 2. The van der Waals surface area contributed by atoms with Gasteiger partial charge in [0.1, 0.15) is 11.6 Å². The second kappa shape index (κ2) is 4.39. The molecule has 3 rings (SSSR count). The number of aliphatic hydroxyl groups is 1. The van der Waals surface area contributed by atoms with Crippen LogP contribution in [-0.2, 0) is 0 Å². The van der Waals surface area contributed by atoms with E-state index in [0.717, 1.165) is 44.3 Å². The first-order chi connectivity index (χ1) is 8.71. The summed E-state index contributed by atoms with van der Waals surface area (Å²) in [7, 11) is 0. The first-order valence-electron chi connectivity index (χ1n) is 6.71. The summed E-state index contributed by atoms with van der Waals surface area (Å²) >= 11 is 0. The van der Waals surface area contributed by atoms with Gasteiger partial charge in [0.05, 0.1) is 12.1 Å². The minimum Gasteiger partial charge on any atom is -0.394 e. The maximum atomic E-state index is 11.6. The molecule has 18 heavy (non-hydrogen) atoms. The SMILES string of the molecule is O=c1cc(NC2(CO)CCCC2)nc(C2CC2)[nH]1. The van der Waals surface area contributed by atoms with E-state index in [0.29, 0.717) is 11.7 Å². The Balaban J connectivity index is 1.85. The molecule has 2 aliphatic carbocycles. The highest BCUT2D eigenvalue weighted by atomic mass is 16.3. The van der Waals surface area contributed by atoms with Crippen LogP contribution in [0.15, 0.2) is 10.9 Å². The van der Waals surface area contributed by atoms with E-state index >= 15 is 0 Å². The Bertz CT molecular complexity index is 487. The molecule has 0 atom stereocenters. The lowest BCUT2D eigenvalue weighted by atomic mass is 9.99. The predicted molar refractivity (Wildman–Crippen MR) is 68.7 cm³/mol. The maximum Gasteiger partial charge on any atom is 0.252 e. The van der Waals surface area contributed by atoms with Crippen molar-refractivity contribution in [1.29, 1.82) is 0 Å². The zero-order valence-corrected chi connectivity index (χ0v) is 10.4. The minimum atomic E-state index is -0.276. The van der Waals surface area contributed by atoms with Crippen molar-refractivity contribution in [2.24, 2.45) is 0 Å². The molecule has 98 valence electrons. The molecule has 0 aliphatic heterocycles. The quantitative estimate of drug-likeness (QED) is 0.753. The van der Waals surface area contributed by atoms with Crippen molar-refractivity contribution in [3.8, 4) is 0 Å². The Morgan fingerprint density at radius 2 is 2.17 bits per heavy atom. The number of nitrogens with zero attached hydrogens (tertiary/aromatic N) is 1. The van der Waals surface area contributed by atoms with Gasteiger partial charge in [0, 0.05) is 12.0 Å². The summed E-state index contributed by atoms with van der Waals surface area (Å²) in [5.74, 6) is 1.82. The first kappa shape index (κ1) is 11.7. The Hall–Kier alpha value is -1.36. The number of hydrogen-bond donors (Lipinski definition) is 3. The third-order valence-electron chi connectivity index (χ3n) is 3.98. The lowest BCUT2D eigenvalue weighted by Gasteiger charge is -2.28. The van der Waals surface area contributed by atoms with Gasteiger partial charge in [-0.05, 0) is 25.7 Å². The smallest absolute Gasteiger partial charge is 0.252 e. The van der Waals surface area contributed by atoms with Gasteiger partial charge in [0.15, 0.2) is 0 Å². The van der Waals surface area contributed by atoms with Crippen LogP contribution in [0.25, 0.3) is 0 Å². The topological polar surface area (TPSA) is 78.0 Å². The van der Waals surface area contributed by atoms with Gasteiger partial charge in [-0.1, -0.05) is 12.8 Å². The van der Waals surface area contributed by atoms with Gasteiger partial charge >= 0.3 is 0 Å². The molecule has 2 aliphatic rings. The number of anilines is 1. The van der Waals surface area contributed by atoms with E-state index in [9.17, 15) is 9.90 Å². The van der Waals surface area contributed by atoms with E-state index in [4.69, 9.17) is 0 Å². The fourth-order valence-corrected chi connectivity index (χ4v) is 2.74. The van der Waals surface area contributed by atoms with Crippen LogP contribution in [0, 0.1) is 0 Å². The van der Waals surface area contributed by atoms with Crippen LogP contribution >= 0.6 is 0 Å². The number of aliphatic hydroxyl groups excluding tert-OH is 1. The summed E-state index contributed by atoms with van der Waals surface area (Å²) < 4.78 is 0. The third-order valence-corrected chi connectivity index (χ3v) is 3.98. The lowest BCUT2D eigenvalue weighted by Crippen LogP contribution is -2.39. The fourth-order valence-electron chi connectivity index (χ4n) is 2.74. The standard InChI is InChI=1S/C13H19N3O2/c17-8-13(5-1-2-6-13)16-10-7-11(18)15-12(14-10)9-3-4-9/h7,9,17H,1-6,8H2,(H2,14,15,16,18). The molecule has 0 amide bonds. The summed E-state index contributed by atoms with van der Waals surface area (Å²) in [5, 5.41) is 12.8. The highest BCUT2D eigenvalue weighted by molar-refractivity contribution is 5.38. The average molecular weight is 249 g/mol. The normalized spacial score (nSPS) is 22.1. The molecule has 5 nitrogen and oxygen atoms in total. The molecular formula is C13H19N3O2. The Morgan fingerprint density at radius 1 is 1.44 bits per heavy atom. The van der Waals surface area contributed by atoms with Crippen LogP contribution in [-0.4, -0.2) is 27.2 Å². The van der Waals surface area contributed by atoms with Crippen molar-refractivity contribution >= 4 is 5.82 Å². The molecule has 0 saturated heterocycles. The van der Waals surface area contributed by atoms with Gasteiger partial charge in [-0.3, -0.25) is 4.79 Å². The van der Waals surface area contributed by atoms with E-state index in [2.05, 4.69) is 15.3 Å². The van der Waals surface area contributed by atoms with Crippen LogP contribution in [0.1, 0.15) is 50.3 Å². The number of aromatic amines is 1. The van der Waals surface area contributed by atoms with Crippen LogP contribution in [0.2, 0.25) is 0 Å². The predicted octanol–water partition coefficient (Wildman–Crippen LogP) is 1.36. The van der Waals surface area contributed by atoms with Crippen molar-refractivity contribution < 1.29 is 5.11 Å². The summed E-state index contributed by atoms with van der Waals surface area (Å²) in [6.45, 7) is 0.0975. The molecule has 1 heterocycles. The molecule has 0 aromatic carbocycles. The van der Waals surface area contributed by atoms with E-state index in [1.54, 1.807) is 0 Å². The van der Waals surface area contributed by atoms with Gasteiger partial charge in [-0.2, -0.15) is 0 Å². The molecule has 1 aromatic heterocycles. The molecule has 1 aromatic rings. The minimum absolute atomic E-state index is 0.0975. The van der Waals surface area contributed by atoms with Gasteiger partial charge < -0.3 is 15.4 Å². The van der Waals surface area contributed by atoms with Crippen molar-refractivity contribution in [1.82, 2.24) is 9.97 Å². The van der Waals surface area contributed by atoms with Crippen molar-refractivity contribution in [3.63, 3.8) is 0 Å². The number of hydrogen-bond acceptors (Lipinski definition) is 4. The summed E-state index contributed by atoms with van der Waals surface area (Å²) in [6.07, 6.45) is 6.33. The van der Waals surface area contributed by atoms with Crippen molar-refractivity contribution in [3.05, 3.63) is 22.2 Å². The molecule has 2 fully saturated rings. The zero-order valence-electron chi connectivity index (χ0n) is 10.4. The van der Waals surface area contributed by atoms with E-state index in [1.807, 2.05) is 0 Å². The van der Waals surface area contributed by atoms with Crippen LogP contribution < -0.4 is 10.9 Å². The number of rotatable bonds is 4. The highest BCUT2D eigenvalue weighted by Crippen LogP contribution is 2.38. The van der Waals surface area contributed by atoms with Crippen LogP contribution in [0.5, 0.6) is 0 Å². The maximum absolute atomic E-state index is 11.6. The summed E-state index contributed by atoms with van der Waals surface area (Å²) in [4.78, 5) is 18.9. The molecular weight excluding hydrogens is 230 g/mol. The fraction of sp³-hybridized carbons (Fsp3) is 0.692. The van der Waals surface area contributed by atoms with Gasteiger partial charge in [-0.25, -0.2) is 4.98 Å². The Labute approximate surface area is 106 Å². The number of nitrogens with one attached hydrogen (secondary N) is 2. The van der Waals surface area contributed by atoms with Gasteiger partial charge in [0.25, 0.3) is 5.56 Å². The summed E-state index contributed by atoms with van der Waals surface area (Å²) in [6, 6.07) is 1.49. The Kier molecular flexibility index (Phi) is 2.86. The third kappa shape index (κ3) is 2.27. The second-order valence-electron chi connectivity index (χ2n) is 5.56. The second-order valence-corrected chi connectivity index (χ2v) is 5.56. The largest absolute Gasteiger partial charge is 0.394 e. The molecule has 0 radical (unpaired) electrons. The van der Waals surface area contributed by atoms with E-state index < -0.39 is 0 Å². The Morgan fingerprint density at radius 3 is 2.78 bits per heavy atom. The van der Waals surface area contributed by atoms with Crippen LogP contribution in [0.4, 0.5) is 5.82 Å². The van der Waals surface area contributed by atoms with Gasteiger partial charge in [0.2, 0.25) is 0 Å². The lowest BCUT2D eigenvalue weighted by molar-refractivity contribution is 0.213.